The number of anilines is 1. The van der Waals surface area contributed by atoms with Crippen LogP contribution < -0.4 is 15.4 Å². The molecule has 3 aromatic carbocycles. The van der Waals surface area contributed by atoms with Crippen LogP contribution in [0.4, 0.5) is 11.4 Å². The first-order chi connectivity index (χ1) is 15.0. The molecular formula is C23H21N3O5. The molecular weight excluding hydrogens is 398 g/mol. The maximum atomic E-state index is 12.6. The van der Waals surface area contributed by atoms with Gasteiger partial charge in [-0.1, -0.05) is 54.6 Å². The summed E-state index contributed by atoms with van der Waals surface area (Å²) in [7, 11) is 0. The minimum atomic E-state index is -1.03. The minimum Gasteiger partial charge on any atom is -0.474 e. The molecule has 2 amide bonds. The van der Waals surface area contributed by atoms with Crippen LogP contribution in [-0.4, -0.2) is 22.8 Å². The van der Waals surface area contributed by atoms with Gasteiger partial charge in [0.25, 0.3) is 11.8 Å². The minimum absolute atomic E-state index is 0.0101. The van der Waals surface area contributed by atoms with Crippen molar-refractivity contribution in [3.05, 3.63) is 100 Å². The number of nitrogens with zero attached hydrogens (tertiary/aromatic N) is 1. The molecule has 1 atom stereocenters. The first kappa shape index (κ1) is 21.5. The van der Waals surface area contributed by atoms with Crippen molar-refractivity contribution in [2.24, 2.45) is 0 Å². The van der Waals surface area contributed by atoms with E-state index in [2.05, 4.69) is 10.6 Å². The van der Waals surface area contributed by atoms with Gasteiger partial charge in [0.15, 0.2) is 11.9 Å². The smallest absolute Gasteiger partial charge is 0.310 e. The summed E-state index contributed by atoms with van der Waals surface area (Å²) in [6.45, 7) is 1.82. The summed E-state index contributed by atoms with van der Waals surface area (Å²) in [5, 5.41) is 16.6. The number of para-hydroxylation sites is 3. The van der Waals surface area contributed by atoms with Gasteiger partial charge in [0.2, 0.25) is 0 Å². The lowest BCUT2D eigenvalue weighted by Gasteiger charge is -2.16. The van der Waals surface area contributed by atoms with Gasteiger partial charge in [0.05, 0.1) is 16.2 Å². The Balaban J connectivity index is 1.68. The highest BCUT2D eigenvalue weighted by atomic mass is 16.6. The third-order valence-electron chi connectivity index (χ3n) is 4.46. The van der Waals surface area contributed by atoms with Crippen LogP contribution in [0, 0.1) is 10.1 Å². The second kappa shape index (κ2) is 10.0. The number of benzene rings is 3. The Kier molecular flexibility index (Phi) is 6.95. The lowest BCUT2D eigenvalue weighted by molar-refractivity contribution is -0.386. The molecule has 0 heterocycles. The number of hydrogen-bond acceptors (Lipinski definition) is 5. The number of nitro benzene ring substituents is 1. The molecule has 158 valence electrons. The summed E-state index contributed by atoms with van der Waals surface area (Å²) in [6.07, 6.45) is -1.03. The Morgan fingerprint density at radius 2 is 1.61 bits per heavy atom. The summed E-state index contributed by atoms with van der Waals surface area (Å²) in [4.78, 5) is 35.8. The number of carbonyl (C=O) groups is 2. The quantitative estimate of drug-likeness (QED) is 0.425. The summed E-state index contributed by atoms with van der Waals surface area (Å²) >= 11 is 0. The van der Waals surface area contributed by atoms with Gasteiger partial charge in [-0.05, 0) is 30.7 Å². The van der Waals surface area contributed by atoms with Crippen molar-refractivity contribution in [1.82, 2.24) is 5.32 Å². The van der Waals surface area contributed by atoms with Crippen molar-refractivity contribution in [2.45, 2.75) is 19.6 Å². The van der Waals surface area contributed by atoms with E-state index in [4.69, 9.17) is 4.74 Å². The predicted molar refractivity (Wildman–Crippen MR) is 116 cm³/mol. The highest BCUT2D eigenvalue weighted by Crippen LogP contribution is 2.27. The van der Waals surface area contributed by atoms with Crippen LogP contribution in [0.25, 0.3) is 0 Å². The summed E-state index contributed by atoms with van der Waals surface area (Å²) in [6, 6.07) is 21.9. The fourth-order valence-electron chi connectivity index (χ4n) is 2.85. The SMILES string of the molecule is C[C@@H](Oc1ccccc1[N+](=O)[O-])C(=O)Nc1ccccc1C(=O)NCc1ccccc1. The molecule has 8 nitrogen and oxygen atoms in total. The van der Waals surface area contributed by atoms with E-state index in [9.17, 15) is 19.7 Å². The van der Waals surface area contributed by atoms with Gasteiger partial charge < -0.3 is 15.4 Å². The molecule has 8 heteroatoms. The number of ether oxygens (including phenoxy) is 1. The van der Waals surface area contributed by atoms with Crippen LogP contribution in [0.15, 0.2) is 78.9 Å². The van der Waals surface area contributed by atoms with Crippen LogP contribution in [0.2, 0.25) is 0 Å². The molecule has 31 heavy (non-hydrogen) atoms. The second-order valence-electron chi connectivity index (χ2n) is 6.69. The lowest BCUT2D eigenvalue weighted by Crippen LogP contribution is -2.31. The highest BCUT2D eigenvalue weighted by Gasteiger charge is 2.22. The molecule has 3 rings (SSSR count). The zero-order valence-corrected chi connectivity index (χ0v) is 16.8. The molecule has 0 aliphatic carbocycles. The van der Waals surface area contributed by atoms with E-state index >= 15 is 0 Å². The molecule has 0 fully saturated rings. The molecule has 0 saturated carbocycles. The summed E-state index contributed by atoms with van der Waals surface area (Å²) < 4.78 is 5.49. The lowest BCUT2D eigenvalue weighted by atomic mass is 10.1. The molecule has 0 aliphatic heterocycles. The largest absolute Gasteiger partial charge is 0.474 e. The second-order valence-corrected chi connectivity index (χ2v) is 6.69. The van der Waals surface area contributed by atoms with E-state index in [1.54, 1.807) is 30.3 Å². The molecule has 0 spiro atoms. The molecule has 0 bridgehead atoms. The number of amides is 2. The molecule has 0 aromatic heterocycles. The van der Waals surface area contributed by atoms with Crippen molar-refractivity contribution >= 4 is 23.2 Å². The Bertz CT molecular complexity index is 1090. The Morgan fingerprint density at radius 3 is 2.35 bits per heavy atom. The van der Waals surface area contributed by atoms with E-state index in [1.165, 1.54) is 25.1 Å². The molecule has 0 radical (unpaired) electrons. The van der Waals surface area contributed by atoms with Gasteiger partial charge >= 0.3 is 5.69 Å². The first-order valence-corrected chi connectivity index (χ1v) is 9.58. The van der Waals surface area contributed by atoms with Gasteiger partial charge in [0, 0.05) is 12.6 Å². The van der Waals surface area contributed by atoms with E-state index < -0.39 is 16.9 Å². The fourth-order valence-corrected chi connectivity index (χ4v) is 2.85. The number of rotatable bonds is 8. The standard InChI is InChI=1S/C23H21N3O5/c1-16(31-21-14-8-7-13-20(21)26(29)30)22(27)25-19-12-6-5-11-18(19)23(28)24-15-17-9-3-2-4-10-17/h2-14,16H,15H2,1H3,(H,24,28)(H,25,27)/t16-/m1/s1. The zero-order valence-electron chi connectivity index (χ0n) is 16.8. The number of carbonyl (C=O) groups excluding carboxylic acids is 2. The molecule has 0 unspecified atom stereocenters. The highest BCUT2D eigenvalue weighted by molar-refractivity contribution is 6.04. The van der Waals surface area contributed by atoms with Crippen molar-refractivity contribution in [3.8, 4) is 5.75 Å². The summed E-state index contributed by atoms with van der Waals surface area (Å²) in [5.74, 6) is -0.891. The normalized spacial score (nSPS) is 11.3. The number of nitro groups is 1. The van der Waals surface area contributed by atoms with E-state index in [0.29, 0.717) is 17.8 Å². The number of nitrogens with one attached hydrogen (secondary N) is 2. The van der Waals surface area contributed by atoms with E-state index in [-0.39, 0.29) is 17.3 Å². The van der Waals surface area contributed by atoms with Crippen LogP contribution >= 0.6 is 0 Å². The molecule has 2 N–H and O–H groups in total. The monoisotopic (exact) mass is 419 g/mol. The number of hydrogen-bond donors (Lipinski definition) is 2. The van der Waals surface area contributed by atoms with Gasteiger partial charge in [-0.25, -0.2) is 0 Å². The maximum Gasteiger partial charge on any atom is 0.310 e. The Hall–Kier alpha value is -4.20. The third-order valence-corrected chi connectivity index (χ3v) is 4.46. The van der Waals surface area contributed by atoms with E-state index in [1.807, 2.05) is 30.3 Å². The average molecular weight is 419 g/mol. The Morgan fingerprint density at radius 1 is 0.968 bits per heavy atom. The average Bonchev–Trinajstić information content (AvgIpc) is 2.78. The van der Waals surface area contributed by atoms with Crippen LogP contribution in [-0.2, 0) is 11.3 Å². The topological polar surface area (TPSA) is 111 Å². The predicted octanol–water partition coefficient (Wildman–Crippen LogP) is 3.93. The van der Waals surface area contributed by atoms with Crippen molar-refractivity contribution < 1.29 is 19.2 Å². The van der Waals surface area contributed by atoms with Gasteiger partial charge in [-0.3, -0.25) is 19.7 Å². The molecule has 3 aromatic rings. The van der Waals surface area contributed by atoms with Gasteiger partial charge in [-0.2, -0.15) is 0 Å². The Labute approximate surface area is 179 Å². The van der Waals surface area contributed by atoms with Crippen LogP contribution in [0.3, 0.4) is 0 Å². The van der Waals surface area contributed by atoms with Gasteiger partial charge in [0.1, 0.15) is 0 Å². The third kappa shape index (κ3) is 5.66. The molecule has 0 aliphatic rings. The van der Waals surface area contributed by atoms with E-state index in [0.717, 1.165) is 5.56 Å². The van der Waals surface area contributed by atoms with Crippen molar-refractivity contribution in [3.63, 3.8) is 0 Å². The maximum absolute atomic E-state index is 12.6. The molecule has 0 saturated heterocycles. The first-order valence-electron chi connectivity index (χ1n) is 9.58. The van der Waals surface area contributed by atoms with Crippen molar-refractivity contribution in [2.75, 3.05) is 5.32 Å². The van der Waals surface area contributed by atoms with Crippen LogP contribution in [0.5, 0.6) is 5.75 Å². The van der Waals surface area contributed by atoms with Crippen LogP contribution in [0.1, 0.15) is 22.8 Å². The van der Waals surface area contributed by atoms with Gasteiger partial charge in [-0.15, -0.1) is 0 Å². The summed E-state index contributed by atoms with van der Waals surface area (Å²) in [5.41, 5.74) is 1.33. The fraction of sp³-hybridized carbons (Fsp3) is 0.130. The van der Waals surface area contributed by atoms with Crippen molar-refractivity contribution in [1.29, 1.82) is 0 Å². The zero-order chi connectivity index (χ0) is 22.2.